The predicted octanol–water partition coefficient (Wildman–Crippen LogP) is 3.60. The Morgan fingerprint density at radius 1 is 1.18 bits per heavy atom. The summed E-state index contributed by atoms with van der Waals surface area (Å²) >= 11 is 1.32. The maximum atomic E-state index is 12.8. The lowest BCUT2D eigenvalue weighted by atomic mass is 10.2. The Balaban J connectivity index is 1.70. The van der Waals surface area contributed by atoms with E-state index in [0.29, 0.717) is 18.3 Å². The number of aryl methyl sites for hydroxylation is 1. The first-order valence-electron chi connectivity index (χ1n) is 9.04. The van der Waals surface area contributed by atoms with E-state index >= 15 is 0 Å². The molecule has 0 spiro atoms. The van der Waals surface area contributed by atoms with Crippen LogP contribution in [0.4, 0.5) is 11.4 Å². The van der Waals surface area contributed by atoms with E-state index in [9.17, 15) is 9.59 Å². The van der Waals surface area contributed by atoms with E-state index in [1.807, 2.05) is 61.5 Å². The van der Waals surface area contributed by atoms with Gasteiger partial charge in [-0.1, -0.05) is 47.7 Å². The van der Waals surface area contributed by atoms with Gasteiger partial charge in [0, 0.05) is 19.2 Å². The maximum Gasteiger partial charge on any atom is 0.242 e. The quantitative estimate of drug-likeness (QED) is 0.775. The second-order valence-electron chi connectivity index (χ2n) is 6.44. The average molecular weight is 398 g/mol. The molecule has 1 atom stereocenters. The summed E-state index contributed by atoms with van der Waals surface area (Å²) in [5.41, 5.74) is 2.61. The highest BCUT2D eigenvalue weighted by atomic mass is 32.2. The van der Waals surface area contributed by atoms with Gasteiger partial charge in [-0.15, -0.1) is 0 Å². The highest BCUT2D eigenvalue weighted by molar-refractivity contribution is 8.15. The summed E-state index contributed by atoms with van der Waals surface area (Å²) in [5.74, 6) is -0.307. The third-order valence-electron chi connectivity index (χ3n) is 4.23. The standard InChI is InChI=1S/C21H23N3O3S/c1-15-8-10-17(11-9-15)22-19(25)14-18-20(26)24(12-13-27-2)21(28-18)23-16-6-4-3-5-7-16/h3-11,18H,12-14H2,1-2H3,(H,22,25). The van der Waals surface area contributed by atoms with Gasteiger partial charge in [-0.25, -0.2) is 4.99 Å². The van der Waals surface area contributed by atoms with Crippen molar-refractivity contribution >= 4 is 40.1 Å². The summed E-state index contributed by atoms with van der Waals surface area (Å²) < 4.78 is 5.12. The molecule has 1 fully saturated rings. The minimum atomic E-state index is -0.496. The van der Waals surface area contributed by atoms with Gasteiger partial charge in [-0.3, -0.25) is 14.5 Å². The SMILES string of the molecule is COCCN1C(=O)C(CC(=O)Nc2ccc(C)cc2)SC1=Nc1ccccc1. The Morgan fingerprint density at radius 3 is 2.57 bits per heavy atom. The van der Waals surface area contributed by atoms with Crippen LogP contribution < -0.4 is 5.32 Å². The topological polar surface area (TPSA) is 71.0 Å². The molecule has 6 nitrogen and oxygen atoms in total. The Hall–Kier alpha value is -2.64. The molecule has 1 saturated heterocycles. The molecule has 1 aliphatic heterocycles. The first kappa shape index (κ1) is 20.1. The molecule has 2 aromatic rings. The number of nitrogens with one attached hydrogen (secondary N) is 1. The molecule has 146 valence electrons. The monoisotopic (exact) mass is 397 g/mol. The lowest BCUT2D eigenvalue weighted by Crippen LogP contribution is -2.35. The Labute approximate surface area is 169 Å². The first-order chi connectivity index (χ1) is 13.6. The predicted molar refractivity (Wildman–Crippen MR) is 113 cm³/mol. The van der Waals surface area contributed by atoms with Gasteiger partial charge in [0.1, 0.15) is 5.25 Å². The van der Waals surface area contributed by atoms with E-state index in [-0.39, 0.29) is 18.2 Å². The van der Waals surface area contributed by atoms with E-state index in [0.717, 1.165) is 16.9 Å². The number of rotatable bonds is 7. The van der Waals surface area contributed by atoms with Crippen LogP contribution in [-0.2, 0) is 14.3 Å². The summed E-state index contributed by atoms with van der Waals surface area (Å²) in [6.45, 7) is 2.80. The molecule has 1 aliphatic rings. The van der Waals surface area contributed by atoms with Gasteiger partial charge in [0.05, 0.1) is 18.8 Å². The number of thioether (sulfide) groups is 1. The van der Waals surface area contributed by atoms with Crippen LogP contribution in [0, 0.1) is 6.92 Å². The van der Waals surface area contributed by atoms with Crippen LogP contribution in [-0.4, -0.2) is 47.4 Å². The number of anilines is 1. The average Bonchev–Trinajstić information content (AvgIpc) is 2.97. The van der Waals surface area contributed by atoms with E-state index in [1.54, 1.807) is 12.0 Å². The molecule has 1 N–H and O–H groups in total. The number of amidine groups is 1. The molecule has 1 heterocycles. The molecule has 0 aliphatic carbocycles. The summed E-state index contributed by atoms with van der Waals surface area (Å²) in [4.78, 5) is 31.5. The molecule has 2 aromatic carbocycles. The van der Waals surface area contributed by atoms with Crippen molar-refractivity contribution in [1.29, 1.82) is 0 Å². The Bertz CT molecular complexity index is 853. The minimum absolute atomic E-state index is 0.0919. The van der Waals surface area contributed by atoms with Crippen molar-refractivity contribution < 1.29 is 14.3 Å². The second kappa shape index (κ2) is 9.52. The number of amides is 2. The Morgan fingerprint density at radius 2 is 1.89 bits per heavy atom. The van der Waals surface area contributed by atoms with Crippen molar-refractivity contribution in [2.75, 3.05) is 25.6 Å². The van der Waals surface area contributed by atoms with Gasteiger partial charge < -0.3 is 10.1 Å². The normalized spacial score (nSPS) is 17.9. The molecule has 0 radical (unpaired) electrons. The number of benzene rings is 2. The van der Waals surface area contributed by atoms with Gasteiger partial charge in [0.25, 0.3) is 0 Å². The fraction of sp³-hybridized carbons (Fsp3) is 0.286. The number of aliphatic imine (C=N–C) groups is 1. The molecule has 2 amide bonds. The first-order valence-corrected chi connectivity index (χ1v) is 9.92. The number of carbonyl (C=O) groups excluding carboxylic acids is 2. The molecule has 1 unspecified atom stereocenters. The van der Waals surface area contributed by atoms with Crippen LogP contribution in [0.2, 0.25) is 0 Å². The largest absolute Gasteiger partial charge is 0.383 e. The zero-order valence-electron chi connectivity index (χ0n) is 15.9. The van der Waals surface area contributed by atoms with Crippen LogP contribution >= 0.6 is 11.8 Å². The number of nitrogens with zero attached hydrogens (tertiary/aromatic N) is 2. The molecule has 7 heteroatoms. The van der Waals surface area contributed by atoms with Crippen molar-refractivity contribution in [2.45, 2.75) is 18.6 Å². The third-order valence-corrected chi connectivity index (χ3v) is 5.40. The number of carbonyl (C=O) groups is 2. The number of hydrogen-bond acceptors (Lipinski definition) is 5. The van der Waals surface area contributed by atoms with Crippen molar-refractivity contribution in [1.82, 2.24) is 4.90 Å². The van der Waals surface area contributed by atoms with E-state index in [4.69, 9.17) is 4.74 Å². The fourth-order valence-electron chi connectivity index (χ4n) is 2.74. The highest BCUT2D eigenvalue weighted by Gasteiger charge is 2.38. The lowest BCUT2D eigenvalue weighted by Gasteiger charge is -2.15. The van der Waals surface area contributed by atoms with Crippen LogP contribution in [0.3, 0.4) is 0 Å². The summed E-state index contributed by atoms with van der Waals surface area (Å²) in [7, 11) is 1.59. The third kappa shape index (κ3) is 5.21. The molecule has 0 aromatic heterocycles. The lowest BCUT2D eigenvalue weighted by molar-refractivity contribution is -0.128. The molecule has 0 bridgehead atoms. The smallest absolute Gasteiger partial charge is 0.242 e. The molecular weight excluding hydrogens is 374 g/mol. The summed E-state index contributed by atoms with van der Waals surface area (Å²) in [5, 5.41) is 2.95. The number of methoxy groups -OCH3 is 1. The Kier molecular flexibility index (Phi) is 6.84. The van der Waals surface area contributed by atoms with Crippen LogP contribution in [0.25, 0.3) is 0 Å². The second-order valence-corrected chi connectivity index (χ2v) is 7.61. The summed E-state index contributed by atoms with van der Waals surface area (Å²) in [6, 6.07) is 17.0. The van der Waals surface area contributed by atoms with Gasteiger partial charge in [0.2, 0.25) is 11.8 Å². The molecule has 0 saturated carbocycles. The van der Waals surface area contributed by atoms with Crippen LogP contribution in [0.1, 0.15) is 12.0 Å². The van der Waals surface area contributed by atoms with E-state index < -0.39 is 5.25 Å². The molecular formula is C21H23N3O3S. The van der Waals surface area contributed by atoms with Crippen molar-refractivity contribution in [3.8, 4) is 0 Å². The zero-order chi connectivity index (χ0) is 19.9. The van der Waals surface area contributed by atoms with E-state index in [1.165, 1.54) is 11.8 Å². The van der Waals surface area contributed by atoms with Crippen molar-refractivity contribution in [2.24, 2.45) is 4.99 Å². The number of para-hydroxylation sites is 1. The van der Waals surface area contributed by atoms with Gasteiger partial charge in [-0.05, 0) is 31.2 Å². The summed E-state index contributed by atoms with van der Waals surface area (Å²) in [6.07, 6.45) is 0.0919. The minimum Gasteiger partial charge on any atom is -0.383 e. The number of hydrogen-bond donors (Lipinski definition) is 1. The van der Waals surface area contributed by atoms with Gasteiger partial charge in [-0.2, -0.15) is 0 Å². The number of ether oxygens (including phenoxy) is 1. The molecule has 28 heavy (non-hydrogen) atoms. The van der Waals surface area contributed by atoms with Crippen molar-refractivity contribution in [3.63, 3.8) is 0 Å². The van der Waals surface area contributed by atoms with E-state index in [2.05, 4.69) is 10.3 Å². The van der Waals surface area contributed by atoms with Gasteiger partial charge >= 0.3 is 0 Å². The maximum absolute atomic E-state index is 12.8. The zero-order valence-corrected chi connectivity index (χ0v) is 16.7. The van der Waals surface area contributed by atoms with Crippen LogP contribution in [0.15, 0.2) is 59.6 Å². The highest BCUT2D eigenvalue weighted by Crippen LogP contribution is 2.31. The fourth-order valence-corrected chi connectivity index (χ4v) is 3.93. The van der Waals surface area contributed by atoms with Crippen LogP contribution in [0.5, 0.6) is 0 Å². The van der Waals surface area contributed by atoms with Gasteiger partial charge in [0.15, 0.2) is 5.17 Å². The van der Waals surface area contributed by atoms with Crippen molar-refractivity contribution in [3.05, 3.63) is 60.2 Å². The molecule has 3 rings (SSSR count).